The Kier molecular flexibility index (Phi) is 3.12. The first-order valence-electron chi connectivity index (χ1n) is 3.73. The summed E-state index contributed by atoms with van der Waals surface area (Å²) in [6.45, 7) is 1.47. The van der Waals surface area contributed by atoms with E-state index in [-0.39, 0.29) is 6.10 Å². The van der Waals surface area contributed by atoms with Crippen molar-refractivity contribution in [1.29, 1.82) is 0 Å². The number of ether oxygens (including phenoxy) is 1. The van der Waals surface area contributed by atoms with Crippen LogP contribution in [0.25, 0.3) is 0 Å². The number of piperidine rings is 1. The van der Waals surface area contributed by atoms with Gasteiger partial charge in [0.15, 0.2) is 0 Å². The van der Waals surface area contributed by atoms with Crippen LogP contribution >= 0.6 is 0 Å². The molecule has 0 aromatic rings. The molecule has 10 heavy (non-hydrogen) atoms. The predicted molar refractivity (Wildman–Crippen MR) is 38.9 cm³/mol. The van der Waals surface area contributed by atoms with Gasteiger partial charge in [-0.3, -0.25) is 0 Å². The Hall–Kier alpha value is -0.120. The minimum Gasteiger partial charge on any atom is -0.392 e. The van der Waals surface area contributed by atoms with Gasteiger partial charge in [0.2, 0.25) is 0 Å². The molecule has 0 aromatic carbocycles. The van der Waals surface area contributed by atoms with Gasteiger partial charge in [-0.05, 0) is 12.8 Å². The molecule has 0 aromatic heterocycles. The second-order valence-corrected chi connectivity index (χ2v) is 2.79. The van der Waals surface area contributed by atoms with Crippen molar-refractivity contribution in [2.45, 2.75) is 25.0 Å². The van der Waals surface area contributed by atoms with Crippen LogP contribution in [-0.2, 0) is 4.74 Å². The van der Waals surface area contributed by atoms with Crippen LogP contribution in [0.15, 0.2) is 0 Å². The van der Waals surface area contributed by atoms with Crippen molar-refractivity contribution in [3.63, 3.8) is 0 Å². The number of methoxy groups -OCH3 is 1. The summed E-state index contributed by atoms with van der Waals surface area (Å²) in [4.78, 5) is 0. The quantitative estimate of drug-likeness (QED) is 0.563. The lowest BCUT2D eigenvalue weighted by Gasteiger charge is -2.26. The molecule has 1 aliphatic rings. The minimum absolute atomic E-state index is 0.145. The summed E-state index contributed by atoms with van der Waals surface area (Å²) in [5.41, 5.74) is 0. The molecular formula is C7H15NO2. The van der Waals surface area contributed by atoms with E-state index in [1.807, 2.05) is 0 Å². The minimum atomic E-state index is -0.145. The highest BCUT2D eigenvalue weighted by Crippen LogP contribution is 2.07. The maximum absolute atomic E-state index is 9.09. The zero-order valence-electron chi connectivity index (χ0n) is 6.34. The number of hydrogen-bond acceptors (Lipinski definition) is 3. The molecule has 1 rings (SSSR count). The standard InChI is InChI=1S/C7H15NO2/c1-10-5-6-2-3-7(9)4-8-6/h6-9H,2-5H2,1H3/t6-,7+/m0/s1. The first-order chi connectivity index (χ1) is 4.83. The smallest absolute Gasteiger partial charge is 0.0665 e. The summed E-state index contributed by atoms with van der Waals surface area (Å²) in [6, 6.07) is 0.452. The molecule has 3 nitrogen and oxygen atoms in total. The van der Waals surface area contributed by atoms with Gasteiger partial charge >= 0.3 is 0 Å². The lowest BCUT2D eigenvalue weighted by molar-refractivity contribution is 0.0933. The summed E-state index contributed by atoms with van der Waals surface area (Å²) < 4.78 is 4.97. The molecule has 0 aliphatic carbocycles. The highest BCUT2D eigenvalue weighted by atomic mass is 16.5. The van der Waals surface area contributed by atoms with Crippen molar-refractivity contribution >= 4 is 0 Å². The molecule has 0 saturated carbocycles. The van der Waals surface area contributed by atoms with Crippen molar-refractivity contribution in [2.75, 3.05) is 20.3 Å². The Morgan fingerprint density at radius 2 is 2.40 bits per heavy atom. The molecule has 1 heterocycles. The Morgan fingerprint density at radius 1 is 1.60 bits per heavy atom. The molecule has 1 fully saturated rings. The summed E-state index contributed by atoms with van der Waals surface area (Å²) in [6.07, 6.45) is 1.78. The predicted octanol–water partition coefficient (Wildman–Crippen LogP) is -0.254. The van der Waals surface area contributed by atoms with Crippen molar-refractivity contribution < 1.29 is 9.84 Å². The fourth-order valence-corrected chi connectivity index (χ4v) is 1.24. The summed E-state index contributed by atoms with van der Waals surface area (Å²) in [5.74, 6) is 0. The number of nitrogens with one attached hydrogen (secondary N) is 1. The molecule has 3 heteroatoms. The monoisotopic (exact) mass is 145 g/mol. The van der Waals surface area contributed by atoms with Crippen LogP contribution in [-0.4, -0.2) is 37.5 Å². The normalized spacial score (nSPS) is 34.2. The van der Waals surface area contributed by atoms with Gasteiger partial charge in [-0.25, -0.2) is 0 Å². The lowest BCUT2D eigenvalue weighted by Crippen LogP contribution is -2.43. The molecule has 2 N–H and O–H groups in total. The molecular weight excluding hydrogens is 130 g/mol. The van der Waals surface area contributed by atoms with E-state index in [0.717, 1.165) is 19.4 Å². The van der Waals surface area contributed by atoms with Gasteiger partial charge in [0.05, 0.1) is 12.7 Å². The SMILES string of the molecule is COC[C@@H]1CC[C@@H](O)CN1. The van der Waals surface area contributed by atoms with Gasteiger partial charge in [0.1, 0.15) is 0 Å². The number of rotatable bonds is 2. The van der Waals surface area contributed by atoms with Crippen molar-refractivity contribution in [3.05, 3.63) is 0 Å². The van der Waals surface area contributed by atoms with Crippen LogP contribution < -0.4 is 5.32 Å². The summed E-state index contributed by atoms with van der Waals surface area (Å²) in [5, 5.41) is 12.3. The number of aliphatic hydroxyl groups is 1. The lowest BCUT2D eigenvalue weighted by atomic mass is 10.0. The van der Waals surface area contributed by atoms with Gasteiger partial charge in [-0.2, -0.15) is 0 Å². The van der Waals surface area contributed by atoms with Crippen molar-refractivity contribution in [1.82, 2.24) is 5.32 Å². The van der Waals surface area contributed by atoms with E-state index in [4.69, 9.17) is 9.84 Å². The van der Waals surface area contributed by atoms with E-state index >= 15 is 0 Å². The third kappa shape index (κ3) is 2.25. The Balaban J connectivity index is 2.13. The van der Waals surface area contributed by atoms with E-state index in [9.17, 15) is 0 Å². The van der Waals surface area contributed by atoms with Crippen LogP contribution in [0.5, 0.6) is 0 Å². The van der Waals surface area contributed by atoms with Crippen molar-refractivity contribution in [2.24, 2.45) is 0 Å². The molecule has 60 valence electrons. The van der Waals surface area contributed by atoms with Gasteiger partial charge in [0.25, 0.3) is 0 Å². The first-order valence-corrected chi connectivity index (χ1v) is 3.73. The fraction of sp³-hybridized carbons (Fsp3) is 1.00. The van der Waals surface area contributed by atoms with E-state index in [1.54, 1.807) is 7.11 Å². The second-order valence-electron chi connectivity index (χ2n) is 2.79. The van der Waals surface area contributed by atoms with Crippen LogP contribution in [0.3, 0.4) is 0 Å². The first kappa shape index (κ1) is 7.98. The largest absolute Gasteiger partial charge is 0.392 e. The third-order valence-corrected chi connectivity index (χ3v) is 1.86. The van der Waals surface area contributed by atoms with Crippen LogP contribution in [0, 0.1) is 0 Å². The number of hydrogen-bond donors (Lipinski definition) is 2. The van der Waals surface area contributed by atoms with Crippen molar-refractivity contribution in [3.8, 4) is 0 Å². The van der Waals surface area contributed by atoms with Crippen LogP contribution in [0.2, 0.25) is 0 Å². The molecule has 1 aliphatic heterocycles. The molecule has 0 radical (unpaired) electrons. The second kappa shape index (κ2) is 3.91. The average Bonchev–Trinajstić information content (AvgIpc) is 1.95. The number of β-amino-alcohol motifs (C(OH)–C–C–N with tert-alkyl or cyclic N) is 1. The van der Waals surface area contributed by atoms with E-state index < -0.39 is 0 Å². The Morgan fingerprint density at radius 3 is 2.90 bits per heavy atom. The van der Waals surface area contributed by atoms with Gasteiger partial charge in [-0.15, -0.1) is 0 Å². The van der Waals surface area contributed by atoms with Gasteiger partial charge < -0.3 is 15.2 Å². The molecule has 1 saturated heterocycles. The van der Waals surface area contributed by atoms with E-state index in [0.29, 0.717) is 12.6 Å². The third-order valence-electron chi connectivity index (χ3n) is 1.86. The highest BCUT2D eigenvalue weighted by molar-refractivity contribution is 4.76. The van der Waals surface area contributed by atoms with E-state index in [1.165, 1.54) is 0 Å². The Bertz CT molecular complexity index is 89.6. The number of aliphatic hydroxyl groups excluding tert-OH is 1. The summed E-state index contributed by atoms with van der Waals surface area (Å²) in [7, 11) is 1.70. The zero-order valence-corrected chi connectivity index (χ0v) is 6.34. The molecule has 0 unspecified atom stereocenters. The fourth-order valence-electron chi connectivity index (χ4n) is 1.24. The maximum atomic E-state index is 9.09. The van der Waals surface area contributed by atoms with E-state index in [2.05, 4.69) is 5.32 Å². The zero-order chi connectivity index (χ0) is 7.40. The average molecular weight is 145 g/mol. The van der Waals surface area contributed by atoms with Crippen LogP contribution in [0.1, 0.15) is 12.8 Å². The Labute approximate surface area is 61.4 Å². The van der Waals surface area contributed by atoms with Gasteiger partial charge in [0, 0.05) is 19.7 Å². The molecule has 0 amide bonds. The van der Waals surface area contributed by atoms with Gasteiger partial charge in [-0.1, -0.05) is 0 Å². The topological polar surface area (TPSA) is 41.5 Å². The highest BCUT2D eigenvalue weighted by Gasteiger charge is 2.17. The molecule has 0 bridgehead atoms. The molecule has 2 atom stereocenters. The summed E-state index contributed by atoms with van der Waals surface area (Å²) >= 11 is 0. The maximum Gasteiger partial charge on any atom is 0.0665 e. The molecule has 0 spiro atoms. The van der Waals surface area contributed by atoms with Crippen LogP contribution in [0.4, 0.5) is 0 Å².